The number of aliphatic carboxylic acids is 1. The van der Waals surface area contributed by atoms with Crippen molar-refractivity contribution in [3.63, 3.8) is 0 Å². The fourth-order valence-electron chi connectivity index (χ4n) is 1.51. The van der Waals surface area contributed by atoms with Crippen LogP contribution >= 0.6 is 0 Å². The SMILES string of the molecule is COC(C)C(C)N(CC(=O)O)CC(C)C. The first kappa shape index (κ1) is 14.4. The molecule has 15 heavy (non-hydrogen) atoms. The van der Waals surface area contributed by atoms with Gasteiger partial charge in [-0.15, -0.1) is 0 Å². The van der Waals surface area contributed by atoms with Crippen molar-refractivity contribution in [1.82, 2.24) is 4.90 Å². The van der Waals surface area contributed by atoms with Gasteiger partial charge in [0, 0.05) is 19.7 Å². The number of carbonyl (C=O) groups is 1. The number of ether oxygens (including phenoxy) is 1. The third-order valence-corrected chi connectivity index (χ3v) is 2.57. The summed E-state index contributed by atoms with van der Waals surface area (Å²) in [7, 11) is 1.65. The Balaban J connectivity index is 4.39. The van der Waals surface area contributed by atoms with Crippen molar-refractivity contribution in [2.24, 2.45) is 5.92 Å². The second-order valence-corrected chi connectivity index (χ2v) is 4.40. The van der Waals surface area contributed by atoms with Gasteiger partial charge in [0.2, 0.25) is 0 Å². The van der Waals surface area contributed by atoms with Crippen LogP contribution in [0.2, 0.25) is 0 Å². The first-order chi connectivity index (χ1) is 6.88. The maximum Gasteiger partial charge on any atom is 0.317 e. The Labute approximate surface area is 92.2 Å². The maximum absolute atomic E-state index is 10.7. The van der Waals surface area contributed by atoms with E-state index >= 15 is 0 Å². The third-order valence-electron chi connectivity index (χ3n) is 2.57. The quantitative estimate of drug-likeness (QED) is 0.701. The molecule has 0 aromatic carbocycles. The predicted octanol–water partition coefficient (Wildman–Crippen LogP) is 1.45. The van der Waals surface area contributed by atoms with Crippen LogP contribution in [-0.2, 0) is 9.53 Å². The van der Waals surface area contributed by atoms with Crippen molar-refractivity contribution in [1.29, 1.82) is 0 Å². The minimum absolute atomic E-state index is 0.0445. The van der Waals surface area contributed by atoms with E-state index in [1.54, 1.807) is 7.11 Å². The van der Waals surface area contributed by atoms with Crippen LogP contribution in [0.5, 0.6) is 0 Å². The van der Waals surface area contributed by atoms with Crippen molar-refractivity contribution < 1.29 is 14.6 Å². The van der Waals surface area contributed by atoms with Crippen LogP contribution in [0.3, 0.4) is 0 Å². The molecule has 4 heteroatoms. The van der Waals surface area contributed by atoms with Gasteiger partial charge < -0.3 is 9.84 Å². The summed E-state index contributed by atoms with van der Waals surface area (Å²) in [5.41, 5.74) is 0. The van der Waals surface area contributed by atoms with Gasteiger partial charge in [-0.1, -0.05) is 13.8 Å². The molecule has 0 spiro atoms. The van der Waals surface area contributed by atoms with Crippen molar-refractivity contribution in [2.75, 3.05) is 20.2 Å². The van der Waals surface area contributed by atoms with Crippen molar-refractivity contribution in [3.05, 3.63) is 0 Å². The third kappa shape index (κ3) is 5.74. The molecule has 0 amide bonds. The number of nitrogens with zero attached hydrogens (tertiary/aromatic N) is 1. The summed E-state index contributed by atoms with van der Waals surface area (Å²) in [6, 6.07) is 0.119. The average molecular weight is 217 g/mol. The van der Waals surface area contributed by atoms with E-state index in [1.165, 1.54) is 0 Å². The average Bonchev–Trinajstić information content (AvgIpc) is 2.13. The number of methoxy groups -OCH3 is 1. The highest BCUT2D eigenvalue weighted by Gasteiger charge is 2.22. The first-order valence-corrected chi connectivity index (χ1v) is 5.37. The Morgan fingerprint density at radius 1 is 1.33 bits per heavy atom. The molecule has 0 aliphatic heterocycles. The van der Waals surface area contributed by atoms with Gasteiger partial charge in [0.1, 0.15) is 0 Å². The molecule has 0 fully saturated rings. The lowest BCUT2D eigenvalue weighted by Gasteiger charge is -2.32. The minimum atomic E-state index is -0.786. The summed E-state index contributed by atoms with van der Waals surface area (Å²) >= 11 is 0. The highest BCUT2D eigenvalue weighted by Crippen LogP contribution is 2.09. The number of carboxylic acids is 1. The van der Waals surface area contributed by atoms with E-state index in [-0.39, 0.29) is 18.7 Å². The van der Waals surface area contributed by atoms with Gasteiger partial charge in [0.15, 0.2) is 0 Å². The van der Waals surface area contributed by atoms with Crippen LogP contribution in [0.25, 0.3) is 0 Å². The Bertz CT molecular complexity index is 194. The molecule has 0 rings (SSSR count). The van der Waals surface area contributed by atoms with Crippen LogP contribution in [0.15, 0.2) is 0 Å². The molecule has 0 aromatic heterocycles. The summed E-state index contributed by atoms with van der Waals surface area (Å²) in [5.74, 6) is -0.332. The number of hydrogen-bond acceptors (Lipinski definition) is 3. The monoisotopic (exact) mass is 217 g/mol. The molecule has 0 bridgehead atoms. The van der Waals surface area contributed by atoms with Gasteiger partial charge in [-0.05, 0) is 19.8 Å². The Hall–Kier alpha value is -0.610. The molecule has 4 nitrogen and oxygen atoms in total. The molecule has 0 aliphatic carbocycles. The van der Waals surface area contributed by atoms with Gasteiger partial charge in [0.05, 0.1) is 12.6 Å². The van der Waals surface area contributed by atoms with Gasteiger partial charge in [0.25, 0.3) is 0 Å². The molecule has 1 N–H and O–H groups in total. The van der Waals surface area contributed by atoms with E-state index in [9.17, 15) is 4.79 Å². The maximum atomic E-state index is 10.7. The Kier molecular flexibility index (Phi) is 6.52. The molecule has 0 aromatic rings. The number of hydrogen-bond donors (Lipinski definition) is 1. The molecule has 0 saturated heterocycles. The lowest BCUT2D eigenvalue weighted by atomic mass is 10.1. The van der Waals surface area contributed by atoms with E-state index in [0.29, 0.717) is 5.92 Å². The second kappa shape index (κ2) is 6.80. The van der Waals surface area contributed by atoms with Gasteiger partial charge >= 0.3 is 5.97 Å². The van der Waals surface area contributed by atoms with Crippen LogP contribution in [0.4, 0.5) is 0 Å². The molecule has 0 aliphatic rings. The molecular formula is C11H23NO3. The van der Waals surface area contributed by atoms with Crippen molar-refractivity contribution >= 4 is 5.97 Å². The number of rotatable bonds is 7. The molecule has 2 atom stereocenters. The van der Waals surface area contributed by atoms with Crippen LogP contribution in [0.1, 0.15) is 27.7 Å². The molecule has 0 saturated carbocycles. The van der Waals surface area contributed by atoms with E-state index in [1.807, 2.05) is 18.7 Å². The van der Waals surface area contributed by atoms with E-state index in [0.717, 1.165) is 6.54 Å². The lowest BCUT2D eigenvalue weighted by Crippen LogP contribution is -2.45. The minimum Gasteiger partial charge on any atom is -0.480 e. The highest BCUT2D eigenvalue weighted by molar-refractivity contribution is 5.69. The first-order valence-electron chi connectivity index (χ1n) is 5.37. The molecule has 0 heterocycles. The van der Waals surface area contributed by atoms with Crippen molar-refractivity contribution in [2.45, 2.75) is 39.8 Å². The summed E-state index contributed by atoms with van der Waals surface area (Å²) < 4.78 is 5.22. The van der Waals surface area contributed by atoms with Gasteiger partial charge in [-0.3, -0.25) is 9.69 Å². The normalized spacial score (nSPS) is 15.7. The highest BCUT2D eigenvalue weighted by atomic mass is 16.5. The van der Waals surface area contributed by atoms with Crippen molar-refractivity contribution in [3.8, 4) is 0 Å². The summed E-state index contributed by atoms with van der Waals surface area (Å²) in [5, 5.41) is 8.82. The standard InChI is InChI=1S/C11H23NO3/c1-8(2)6-12(7-11(13)14)9(3)10(4)15-5/h8-10H,6-7H2,1-5H3,(H,13,14). The van der Waals surface area contributed by atoms with Gasteiger partial charge in [-0.25, -0.2) is 0 Å². The Morgan fingerprint density at radius 3 is 2.20 bits per heavy atom. The zero-order valence-electron chi connectivity index (χ0n) is 10.4. The lowest BCUT2D eigenvalue weighted by molar-refractivity contribution is -0.139. The molecule has 0 radical (unpaired) electrons. The smallest absolute Gasteiger partial charge is 0.317 e. The van der Waals surface area contributed by atoms with Gasteiger partial charge in [-0.2, -0.15) is 0 Å². The largest absolute Gasteiger partial charge is 0.480 e. The van der Waals surface area contributed by atoms with Crippen LogP contribution in [0, 0.1) is 5.92 Å². The summed E-state index contributed by atoms with van der Waals surface area (Å²) in [6.45, 7) is 8.98. The summed E-state index contributed by atoms with van der Waals surface area (Å²) in [6.07, 6.45) is 0.0445. The van der Waals surface area contributed by atoms with E-state index in [2.05, 4.69) is 13.8 Å². The molecule has 90 valence electrons. The zero-order chi connectivity index (χ0) is 12.0. The second-order valence-electron chi connectivity index (χ2n) is 4.40. The topological polar surface area (TPSA) is 49.8 Å². The van der Waals surface area contributed by atoms with Crippen LogP contribution in [-0.4, -0.2) is 48.3 Å². The molecular weight excluding hydrogens is 194 g/mol. The Morgan fingerprint density at radius 2 is 1.87 bits per heavy atom. The molecule has 2 unspecified atom stereocenters. The van der Waals surface area contributed by atoms with Crippen LogP contribution < -0.4 is 0 Å². The zero-order valence-corrected chi connectivity index (χ0v) is 10.4. The fraction of sp³-hybridized carbons (Fsp3) is 0.909. The van der Waals surface area contributed by atoms with E-state index < -0.39 is 5.97 Å². The summed E-state index contributed by atoms with van der Waals surface area (Å²) in [4.78, 5) is 12.7. The van der Waals surface area contributed by atoms with E-state index in [4.69, 9.17) is 9.84 Å². The number of carboxylic acid groups (broad SMARTS) is 1. The predicted molar refractivity (Wildman–Crippen MR) is 60.0 cm³/mol. The fourth-order valence-corrected chi connectivity index (χ4v) is 1.51.